The molecule has 0 fully saturated rings. The summed E-state index contributed by atoms with van der Waals surface area (Å²) in [7, 11) is 0. The van der Waals surface area contributed by atoms with Crippen LogP contribution >= 0.6 is 0 Å². The first kappa shape index (κ1) is 13.3. The summed E-state index contributed by atoms with van der Waals surface area (Å²) in [6, 6.07) is 8.80. The second-order valence-corrected chi connectivity index (χ2v) is 5.95. The maximum Gasteiger partial charge on any atom is 0.234 e. The van der Waals surface area contributed by atoms with Crippen LogP contribution in [0.2, 0.25) is 0 Å². The summed E-state index contributed by atoms with van der Waals surface area (Å²) in [6.07, 6.45) is 5.67. The first-order valence-corrected chi connectivity index (χ1v) is 7.60. The van der Waals surface area contributed by atoms with Gasteiger partial charge in [-0.25, -0.2) is 4.98 Å². The molecule has 0 spiro atoms. The van der Waals surface area contributed by atoms with Crippen LogP contribution in [0.15, 0.2) is 30.5 Å². The zero-order chi connectivity index (χ0) is 14.3. The molecule has 104 valence electrons. The molecule has 2 aromatic rings. The van der Waals surface area contributed by atoms with Crippen LogP contribution in [0, 0.1) is 13.8 Å². The van der Waals surface area contributed by atoms with Gasteiger partial charge in [-0.1, -0.05) is 32.0 Å². The molecule has 0 N–H and O–H groups in total. The number of rotatable bonds is 2. The smallest absolute Gasteiger partial charge is 0.234 e. The Morgan fingerprint density at radius 3 is 2.55 bits per heavy atom. The molecular formula is C18H23N2+. The Kier molecular flexibility index (Phi) is 3.12. The largest absolute Gasteiger partial charge is 0.245 e. The molecule has 0 saturated heterocycles. The quantitative estimate of drug-likeness (QED) is 0.758. The second kappa shape index (κ2) is 4.69. The van der Waals surface area contributed by atoms with Crippen molar-refractivity contribution in [2.75, 3.05) is 0 Å². The van der Waals surface area contributed by atoms with E-state index < -0.39 is 0 Å². The topological polar surface area (TPSA) is 16.8 Å². The highest BCUT2D eigenvalue weighted by Crippen LogP contribution is 2.36. The molecule has 0 aliphatic carbocycles. The monoisotopic (exact) mass is 267 g/mol. The van der Waals surface area contributed by atoms with E-state index in [0.29, 0.717) is 0 Å². The number of hydrogen-bond donors (Lipinski definition) is 0. The molecule has 1 aromatic heterocycles. The Labute approximate surface area is 121 Å². The van der Waals surface area contributed by atoms with Crippen molar-refractivity contribution in [1.82, 2.24) is 4.98 Å². The van der Waals surface area contributed by atoms with Crippen molar-refractivity contribution in [2.45, 2.75) is 52.5 Å². The van der Waals surface area contributed by atoms with Crippen molar-refractivity contribution in [3.63, 3.8) is 0 Å². The van der Waals surface area contributed by atoms with E-state index in [9.17, 15) is 0 Å². The van der Waals surface area contributed by atoms with Gasteiger partial charge in [-0.05, 0) is 25.5 Å². The fourth-order valence-corrected chi connectivity index (χ4v) is 3.66. The van der Waals surface area contributed by atoms with E-state index in [-0.39, 0.29) is 5.54 Å². The minimum absolute atomic E-state index is 0.197. The molecule has 0 saturated carbocycles. The number of aryl methyl sites for hydroxylation is 2. The van der Waals surface area contributed by atoms with Crippen LogP contribution in [0.3, 0.4) is 0 Å². The highest BCUT2D eigenvalue weighted by molar-refractivity contribution is 5.64. The lowest BCUT2D eigenvalue weighted by atomic mass is 9.79. The first-order chi connectivity index (χ1) is 9.61. The van der Waals surface area contributed by atoms with Crippen molar-refractivity contribution in [2.24, 2.45) is 0 Å². The predicted octanol–water partition coefficient (Wildman–Crippen LogP) is 3.72. The van der Waals surface area contributed by atoms with E-state index in [1.807, 2.05) is 0 Å². The van der Waals surface area contributed by atoms with Crippen LogP contribution in [0.5, 0.6) is 0 Å². The van der Waals surface area contributed by atoms with E-state index >= 15 is 0 Å². The van der Waals surface area contributed by atoms with Crippen molar-refractivity contribution >= 4 is 0 Å². The molecule has 0 bridgehead atoms. The van der Waals surface area contributed by atoms with Crippen molar-refractivity contribution < 1.29 is 4.57 Å². The molecule has 0 unspecified atom stereocenters. The average molecular weight is 267 g/mol. The Balaban J connectivity index is 2.37. The average Bonchev–Trinajstić information content (AvgIpc) is 2.45. The molecule has 2 nitrogen and oxygen atoms in total. The second-order valence-electron chi connectivity index (χ2n) is 5.95. The van der Waals surface area contributed by atoms with Gasteiger partial charge in [0.2, 0.25) is 5.69 Å². The summed E-state index contributed by atoms with van der Waals surface area (Å²) >= 11 is 0. The number of fused-ring (bicyclic) bond motifs is 3. The maximum absolute atomic E-state index is 4.70. The van der Waals surface area contributed by atoms with Crippen molar-refractivity contribution in [1.29, 1.82) is 0 Å². The molecular weight excluding hydrogens is 244 g/mol. The molecule has 0 amide bonds. The molecule has 1 aliphatic heterocycles. The molecule has 0 atom stereocenters. The summed E-state index contributed by atoms with van der Waals surface area (Å²) in [4.78, 5) is 4.70. The third-order valence-corrected chi connectivity index (χ3v) is 4.86. The van der Waals surface area contributed by atoms with Gasteiger partial charge < -0.3 is 0 Å². The van der Waals surface area contributed by atoms with Crippen LogP contribution in [0.4, 0.5) is 0 Å². The minimum atomic E-state index is 0.197. The van der Waals surface area contributed by atoms with Gasteiger partial charge >= 0.3 is 0 Å². The standard InChI is InChI=1S/C18H23N2/c1-5-18(6-2)11-15-9-7-8-10-16(15)17-14(4)19-13(3)12-20(17)18/h7-10,12H,5-6,11H2,1-4H3/q+1. The Bertz CT molecular complexity index is 654. The zero-order valence-electron chi connectivity index (χ0n) is 12.9. The number of nitrogens with zero attached hydrogens (tertiary/aromatic N) is 2. The first-order valence-electron chi connectivity index (χ1n) is 7.60. The van der Waals surface area contributed by atoms with E-state index in [2.05, 4.69) is 62.7 Å². The van der Waals surface area contributed by atoms with Gasteiger partial charge in [-0.3, -0.25) is 0 Å². The fraction of sp³-hybridized carbons (Fsp3) is 0.444. The lowest BCUT2D eigenvalue weighted by Gasteiger charge is -2.33. The highest BCUT2D eigenvalue weighted by atomic mass is 15.1. The zero-order valence-corrected chi connectivity index (χ0v) is 12.9. The lowest BCUT2D eigenvalue weighted by molar-refractivity contribution is -0.759. The molecule has 0 radical (unpaired) electrons. The van der Waals surface area contributed by atoms with Gasteiger partial charge in [-0.15, -0.1) is 0 Å². The van der Waals surface area contributed by atoms with Gasteiger partial charge in [0, 0.05) is 19.3 Å². The SMILES string of the molecule is CCC1(CC)Cc2ccccc2-c2c(C)nc(C)c[n+]21. The summed E-state index contributed by atoms with van der Waals surface area (Å²) in [5, 5.41) is 0. The predicted molar refractivity (Wildman–Crippen MR) is 81.6 cm³/mol. The van der Waals surface area contributed by atoms with Gasteiger partial charge in [0.15, 0.2) is 11.7 Å². The van der Waals surface area contributed by atoms with Crippen LogP contribution in [-0.2, 0) is 12.0 Å². The van der Waals surface area contributed by atoms with Crippen LogP contribution < -0.4 is 4.57 Å². The van der Waals surface area contributed by atoms with Crippen LogP contribution in [0.1, 0.15) is 43.6 Å². The Morgan fingerprint density at radius 2 is 1.85 bits per heavy atom. The number of hydrogen-bond acceptors (Lipinski definition) is 1. The van der Waals surface area contributed by atoms with E-state index in [4.69, 9.17) is 4.98 Å². The Hall–Kier alpha value is -1.70. The number of aromatic nitrogens is 2. The molecule has 1 aromatic carbocycles. The molecule has 2 heterocycles. The van der Waals surface area contributed by atoms with E-state index in [0.717, 1.165) is 30.7 Å². The number of benzene rings is 1. The fourth-order valence-electron chi connectivity index (χ4n) is 3.66. The van der Waals surface area contributed by atoms with Crippen LogP contribution in [0.25, 0.3) is 11.3 Å². The summed E-state index contributed by atoms with van der Waals surface area (Å²) in [5.41, 5.74) is 6.57. The lowest BCUT2D eigenvalue weighted by Crippen LogP contribution is -2.60. The Morgan fingerprint density at radius 1 is 1.15 bits per heavy atom. The van der Waals surface area contributed by atoms with Crippen molar-refractivity contribution in [3.8, 4) is 11.3 Å². The van der Waals surface area contributed by atoms with E-state index in [1.165, 1.54) is 16.8 Å². The third kappa shape index (κ3) is 1.78. The molecule has 1 aliphatic rings. The summed E-state index contributed by atoms with van der Waals surface area (Å²) in [6.45, 7) is 8.84. The van der Waals surface area contributed by atoms with Crippen molar-refractivity contribution in [3.05, 3.63) is 47.4 Å². The molecule has 3 rings (SSSR count). The normalized spacial score (nSPS) is 15.6. The van der Waals surface area contributed by atoms with Gasteiger partial charge in [0.1, 0.15) is 11.4 Å². The molecule has 2 heteroatoms. The van der Waals surface area contributed by atoms with E-state index in [1.54, 1.807) is 0 Å². The summed E-state index contributed by atoms with van der Waals surface area (Å²) in [5.74, 6) is 0. The van der Waals surface area contributed by atoms with Crippen LogP contribution in [-0.4, -0.2) is 4.98 Å². The maximum atomic E-state index is 4.70. The van der Waals surface area contributed by atoms with Gasteiger partial charge in [-0.2, -0.15) is 4.57 Å². The third-order valence-electron chi connectivity index (χ3n) is 4.86. The highest BCUT2D eigenvalue weighted by Gasteiger charge is 2.44. The minimum Gasteiger partial charge on any atom is -0.245 e. The van der Waals surface area contributed by atoms with Gasteiger partial charge in [0.25, 0.3) is 0 Å². The summed E-state index contributed by atoms with van der Waals surface area (Å²) < 4.78 is 2.51. The van der Waals surface area contributed by atoms with Gasteiger partial charge in [0.05, 0.1) is 5.56 Å². The molecule has 20 heavy (non-hydrogen) atoms.